The van der Waals surface area contributed by atoms with E-state index in [1.807, 2.05) is 11.0 Å². The normalized spacial score (nSPS) is 14.9. The predicted octanol–water partition coefficient (Wildman–Crippen LogP) is 3.70. The number of carbonyl (C=O) groups excluding carboxylic acids is 1. The minimum Gasteiger partial charge on any atom is -0.325 e. The maximum atomic E-state index is 12.8. The average molecular weight is 386 g/mol. The molecule has 0 unspecified atom stereocenters. The molecule has 0 fully saturated rings. The van der Waals surface area contributed by atoms with Crippen molar-refractivity contribution in [3.63, 3.8) is 0 Å². The van der Waals surface area contributed by atoms with Crippen LogP contribution in [0.4, 0.5) is 18.9 Å². The second-order valence-corrected chi connectivity index (χ2v) is 6.35. The van der Waals surface area contributed by atoms with Gasteiger partial charge in [0.05, 0.1) is 23.4 Å². The summed E-state index contributed by atoms with van der Waals surface area (Å²) in [5.74, 6) is -0.383. The second-order valence-electron chi connectivity index (χ2n) is 6.35. The fourth-order valence-electron chi connectivity index (χ4n) is 3.00. The van der Waals surface area contributed by atoms with Crippen molar-refractivity contribution in [2.24, 2.45) is 0 Å². The molecule has 1 aliphatic heterocycles. The van der Waals surface area contributed by atoms with Crippen LogP contribution in [0.15, 0.2) is 48.7 Å². The Hall–Kier alpha value is -3.18. The molecule has 0 radical (unpaired) electrons. The van der Waals surface area contributed by atoms with E-state index in [4.69, 9.17) is 0 Å². The van der Waals surface area contributed by atoms with Gasteiger partial charge in [-0.3, -0.25) is 14.7 Å². The predicted molar refractivity (Wildman–Crippen MR) is 98.1 cm³/mol. The molecule has 1 aromatic heterocycles. The highest BCUT2D eigenvalue weighted by molar-refractivity contribution is 5.92. The van der Waals surface area contributed by atoms with E-state index in [1.165, 1.54) is 12.1 Å². The van der Waals surface area contributed by atoms with Crippen LogP contribution < -0.4 is 5.32 Å². The molecule has 0 bridgehead atoms. The smallest absolute Gasteiger partial charge is 0.325 e. The van der Waals surface area contributed by atoms with Crippen LogP contribution in [0.5, 0.6) is 0 Å². The molecule has 5 nitrogen and oxygen atoms in total. The van der Waals surface area contributed by atoms with E-state index in [1.54, 1.807) is 18.3 Å². The zero-order valence-corrected chi connectivity index (χ0v) is 14.8. The van der Waals surface area contributed by atoms with Crippen molar-refractivity contribution in [1.82, 2.24) is 9.88 Å². The van der Waals surface area contributed by atoms with Crippen LogP contribution in [-0.2, 0) is 11.0 Å². The molecule has 28 heavy (non-hydrogen) atoms. The van der Waals surface area contributed by atoms with Crippen LogP contribution in [-0.4, -0.2) is 35.4 Å². The van der Waals surface area contributed by atoms with Gasteiger partial charge in [-0.25, -0.2) is 0 Å². The molecule has 2 heterocycles. The van der Waals surface area contributed by atoms with E-state index in [0.717, 1.165) is 17.7 Å². The van der Waals surface area contributed by atoms with Gasteiger partial charge in [0.15, 0.2) is 0 Å². The largest absolute Gasteiger partial charge is 0.416 e. The van der Waals surface area contributed by atoms with Gasteiger partial charge in [-0.1, -0.05) is 12.1 Å². The number of nitrogens with one attached hydrogen (secondary N) is 1. The van der Waals surface area contributed by atoms with Crippen LogP contribution >= 0.6 is 0 Å². The fraction of sp³-hybridized carbons (Fsp3) is 0.250. The van der Waals surface area contributed by atoms with Gasteiger partial charge in [0.25, 0.3) is 0 Å². The third kappa shape index (κ3) is 4.75. The number of halogens is 3. The molecule has 8 heteroatoms. The number of hydrogen-bond acceptors (Lipinski definition) is 4. The lowest BCUT2D eigenvalue weighted by atomic mass is 10.0. The second kappa shape index (κ2) is 8.23. The molecule has 144 valence electrons. The van der Waals surface area contributed by atoms with E-state index >= 15 is 0 Å². The van der Waals surface area contributed by atoms with E-state index in [-0.39, 0.29) is 18.1 Å². The van der Waals surface area contributed by atoms with Gasteiger partial charge in [-0.05, 0) is 42.3 Å². The molecular formula is C20H17F3N4O. The number of anilines is 1. The van der Waals surface area contributed by atoms with Gasteiger partial charge in [0, 0.05) is 25.0 Å². The quantitative estimate of drug-likeness (QED) is 0.870. The first kappa shape index (κ1) is 19.6. The summed E-state index contributed by atoms with van der Waals surface area (Å²) in [6.07, 6.45) is -0.277. The van der Waals surface area contributed by atoms with Gasteiger partial charge in [0.2, 0.25) is 5.91 Å². The summed E-state index contributed by atoms with van der Waals surface area (Å²) in [7, 11) is 0. The third-order valence-electron chi connectivity index (χ3n) is 4.37. The number of alkyl halides is 3. The van der Waals surface area contributed by atoms with E-state index in [9.17, 15) is 23.2 Å². The molecule has 0 aliphatic carbocycles. The molecule has 1 N–H and O–H groups in total. The molecule has 1 aromatic carbocycles. The van der Waals surface area contributed by atoms with Crippen LogP contribution in [0.2, 0.25) is 0 Å². The van der Waals surface area contributed by atoms with Crippen molar-refractivity contribution in [2.75, 3.05) is 25.0 Å². The highest BCUT2D eigenvalue weighted by atomic mass is 19.4. The van der Waals surface area contributed by atoms with Crippen molar-refractivity contribution in [1.29, 1.82) is 5.26 Å². The highest BCUT2D eigenvalue weighted by Gasteiger charge is 2.30. The Bertz CT molecular complexity index is 947. The minimum atomic E-state index is -4.46. The Balaban J connectivity index is 1.60. The SMILES string of the molecule is N#Cc1cccnc1C1=CCN(CC(=O)Nc2cccc(C(F)(F)F)c2)CC1. The summed E-state index contributed by atoms with van der Waals surface area (Å²) in [5, 5.41) is 11.7. The first-order chi connectivity index (χ1) is 13.4. The molecule has 2 aromatic rings. The standard InChI is InChI=1S/C20H17F3N4O/c21-20(22,23)16-4-1-5-17(11-16)26-18(28)13-27-9-6-14(7-10-27)19-15(12-24)3-2-8-25-19/h1-6,8,11H,7,9-10,13H2,(H,26,28). The average Bonchev–Trinajstić information content (AvgIpc) is 2.68. The Labute approximate surface area is 160 Å². The number of benzene rings is 1. The number of amides is 1. The number of aromatic nitrogens is 1. The first-order valence-electron chi connectivity index (χ1n) is 8.61. The first-order valence-corrected chi connectivity index (χ1v) is 8.61. The Morgan fingerprint density at radius 2 is 2.11 bits per heavy atom. The molecule has 1 aliphatic rings. The van der Waals surface area contributed by atoms with Crippen molar-refractivity contribution in [3.05, 3.63) is 65.5 Å². The van der Waals surface area contributed by atoms with Gasteiger partial charge in [-0.15, -0.1) is 0 Å². The number of carbonyl (C=O) groups is 1. The summed E-state index contributed by atoms with van der Waals surface area (Å²) in [4.78, 5) is 18.3. The maximum Gasteiger partial charge on any atom is 0.416 e. The number of hydrogen-bond donors (Lipinski definition) is 1. The maximum absolute atomic E-state index is 12.8. The van der Waals surface area contributed by atoms with Gasteiger partial charge in [-0.2, -0.15) is 18.4 Å². The molecule has 0 saturated carbocycles. The van der Waals surface area contributed by atoms with Gasteiger partial charge >= 0.3 is 6.18 Å². The summed E-state index contributed by atoms with van der Waals surface area (Å²) in [5.41, 5.74) is 1.41. The highest BCUT2D eigenvalue weighted by Crippen LogP contribution is 2.30. The Kier molecular flexibility index (Phi) is 5.76. The van der Waals surface area contributed by atoms with E-state index in [0.29, 0.717) is 30.8 Å². The van der Waals surface area contributed by atoms with E-state index in [2.05, 4.69) is 16.4 Å². The number of nitriles is 1. The molecule has 0 spiro atoms. The van der Waals surface area contributed by atoms with Crippen molar-refractivity contribution in [3.8, 4) is 6.07 Å². The Morgan fingerprint density at radius 3 is 2.79 bits per heavy atom. The third-order valence-corrected chi connectivity index (χ3v) is 4.37. The van der Waals surface area contributed by atoms with Crippen LogP contribution in [0.1, 0.15) is 23.2 Å². The Morgan fingerprint density at radius 1 is 1.29 bits per heavy atom. The number of nitrogens with zero attached hydrogens (tertiary/aromatic N) is 3. The molecular weight excluding hydrogens is 369 g/mol. The lowest BCUT2D eigenvalue weighted by molar-refractivity contribution is -0.137. The summed E-state index contributed by atoms with van der Waals surface area (Å²) >= 11 is 0. The molecule has 0 saturated heterocycles. The van der Waals surface area contributed by atoms with Crippen LogP contribution in [0.3, 0.4) is 0 Å². The van der Waals surface area contributed by atoms with Crippen molar-refractivity contribution >= 4 is 17.2 Å². The minimum absolute atomic E-state index is 0.0628. The topological polar surface area (TPSA) is 69.0 Å². The zero-order valence-electron chi connectivity index (χ0n) is 14.8. The van der Waals surface area contributed by atoms with Crippen molar-refractivity contribution < 1.29 is 18.0 Å². The van der Waals surface area contributed by atoms with Crippen LogP contribution in [0, 0.1) is 11.3 Å². The van der Waals surface area contributed by atoms with Gasteiger partial charge in [0.1, 0.15) is 6.07 Å². The zero-order chi connectivity index (χ0) is 20.1. The molecule has 3 rings (SSSR count). The number of pyridine rings is 1. The van der Waals surface area contributed by atoms with Gasteiger partial charge < -0.3 is 5.32 Å². The summed E-state index contributed by atoms with van der Waals surface area (Å²) in [6, 6.07) is 10.1. The summed E-state index contributed by atoms with van der Waals surface area (Å²) < 4.78 is 38.3. The lowest BCUT2D eigenvalue weighted by Gasteiger charge is -2.25. The lowest BCUT2D eigenvalue weighted by Crippen LogP contribution is -2.36. The van der Waals surface area contributed by atoms with Crippen LogP contribution in [0.25, 0.3) is 5.57 Å². The van der Waals surface area contributed by atoms with Crippen molar-refractivity contribution in [2.45, 2.75) is 12.6 Å². The number of rotatable bonds is 4. The van der Waals surface area contributed by atoms with E-state index < -0.39 is 11.7 Å². The summed E-state index contributed by atoms with van der Waals surface area (Å²) in [6.45, 7) is 1.14. The molecule has 1 amide bonds. The molecule has 0 atom stereocenters. The fourth-order valence-corrected chi connectivity index (χ4v) is 3.00. The monoisotopic (exact) mass is 386 g/mol.